The van der Waals surface area contributed by atoms with Crippen molar-refractivity contribution in [2.75, 3.05) is 34.5 Å². The molecule has 0 saturated carbocycles. The first-order valence-corrected chi connectivity index (χ1v) is 13.2. The average Bonchev–Trinajstić information content (AvgIpc) is 3.55. The topological polar surface area (TPSA) is 83.8 Å². The Morgan fingerprint density at radius 3 is 2.29 bits per heavy atom. The molecule has 2 aromatic carbocycles. The summed E-state index contributed by atoms with van der Waals surface area (Å²) < 4.78 is 23.6. The van der Waals surface area contributed by atoms with E-state index in [0.29, 0.717) is 31.9 Å². The van der Waals surface area contributed by atoms with Crippen LogP contribution in [0.1, 0.15) is 33.0 Å². The summed E-state index contributed by atoms with van der Waals surface area (Å²) in [6, 6.07) is 17.3. The van der Waals surface area contributed by atoms with Crippen LogP contribution in [0.4, 0.5) is 0 Å². The number of rotatable bonds is 13. The van der Waals surface area contributed by atoms with Gasteiger partial charge < -0.3 is 28.8 Å². The van der Waals surface area contributed by atoms with E-state index in [-0.39, 0.29) is 5.91 Å². The molecule has 9 heteroatoms. The van der Waals surface area contributed by atoms with Crippen LogP contribution in [0, 0.1) is 6.92 Å². The maximum Gasteiger partial charge on any atom is 0.253 e. The molecule has 0 radical (unpaired) electrons. The summed E-state index contributed by atoms with van der Waals surface area (Å²) in [7, 11) is 4.94. The van der Waals surface area contributed by atoms with Crippen molar-refractivity contribution >= 4 is 17.2 Å². The lowest BCUT2D eigenvalue weighted by atomic mass is 10.2. The molecule has 0 atom stereocenters. The van der Waals surface area contributed by atoms with E-state index in [1.165, 1.54) is 11.3 Å². The standard InChI is InChI=1S/C29H33N3O5S/c1-20-25(29(33)30-14-5-15-34-2)16-27(32(20)17-21-6-8-22(35-3)9-7-21)26-19-38-28(31-26)18-37-24-12-10-23(36-4)11-13-24/h6-13,16,19H,5,14-15,17-18H2,1-4H3,(H,30,33). The van der Waals surface area contributed by atoms with Crippen LogP contribution in [-0.4, -0.2) is 49.9 Å². The molecule has 200 valence electrons. The van der Waals surface area contributed by atoms with Crippen molar-refractivity contribution in [1.82, 2.24) is 14.9 Å². The number of thiazole rings is 1. The number of amides is 1. The van der Waals surface area contributed by atoms with Gasteiger partial charge in [-0.3, -0.25) is 4.79 Å². The van der Waals surface area contributed by atoms with Gasteiger partial charge in [0, 0.05) is 37.9 Å². The van der Waals surface area contributed by atoms with Crippen LogP contribution in [0.5, 0.6) is 17.2 Å². The molecule has 0 unspecified atom stereocenters. The highest BCUT2D eigenvalue weighted by Gasteiger charge is 2.20. The summed E-state index contributed by atoms with van der Waals surface area (Å²) in [5, 5.41) is 5.85. The number of carbonyl (C=O) groups excluding carboxylic acids is 1. The van der Waals surface area contributed by atoms with Gasteiger partial charge >= 0.3 is 0 Å². The Bertz CT molecular complexity index is 1330. The van der Waals surface area contributed by atoms with Crippen molar-refractivity contribution in [3.05, 3.63) is 81.8 Å². The first kappa shape index (κ1) is 27.2. The van der Waals surface area contributed by atoms with Gasteiger partial charge in [-0.2, -0.15) is 0 Å². The van der Waals surface area contributed by atoms with Crippen molar-refractivity contribution in [1.29, 1.82) is 0 Å². The zero-order chi connectivity index (χ0) is 26.9. The van der Waals surface area contributed by atoms with E-state index in [0.717, 1.165) is 51.3 Å². The number of hydrogen-bond acceptors (Lipinski definition) is 7. The second kappa shape index (κ2) is 13.1. The molecular formula is C29H33N3O5S. The largest absolute Gasteiger partial charge is 0.497 e. The minimum Gasteiger partial charge on any atom is -0.497 e. The van der Waals surface area contributed by atoms with Crippen LogP contribution in [0.25, 0.3) is 11.4 Å². The third-order valence-corrected chi connectivity index (χ3v) is 6.98. The van der Waals surface area contributed by atoms with Gasteiger partial charge in [0.1, 0.15) is 28.9 Å². The number of methoxy groups -OCH3 is 3. The number of aromatic nitrogens is 2. The molecule has 1 amide bonds. The third kappa shape index (κ3) is 6.73. The maximum atomic E-state index is 13.0. The number of ether oxygens (including phenoxy) is 4. The van der Waals surface area contributed by atoms with Gasteiger partial charge in [-0.15, -0.1) is 11.3 Å². The Morgan fingerprint density at radius 2 is 1.63 bits per heavy atom. The Balaban J connectivity index is 1.57. The first-order chi connectivity index (χ1) is 18.5. The predicted molar refractivity (Wildman–Crippen MR) is 149 cm³/mol. The average molecular weight is 536 g/mol. The fourth-order valence-electron chi connectivity index (χ4n) is 4.03. The molecule has 0 fully saturated rings. The number of nitrogens with one attached hydrogen (secondary N) is 1. The van der Waals surface area contributed by atoms with Gasteiger partial charge in [-0.1, -0.05) is 12.1 Å². The molecule has 2 aromatic heterocycles. The smallest absolute Gasteiger partial charge is 0.253 e. The molecule has 0 saturated heterocycles. The van der Waals surface area contributed by atoms with Crippen molar-refractivity contribution in [2.45, 2.75) is 26.5 Å². The summed E-state index contributed by atoms with van der Waals surface area (Å²) >= 11 is 1.53. The Morgan fingerprint density at radius 1 is 0.974 bits per heavy atom. The van der Waals surface area contributed by atoms with Gasteiger partial charge in [0.15, 0.2) is 0 Å². The van der Waals surface area contributed by atoms with E-state index >= 15 is 0 Å². The van der Waals surface area contributed by atoms with Crippen molar-refractivity contribution in [2.24, 2.45) is 0 Å². The lowest BCUT2D eigenvalue weighted by Crippen LogP contribution is -2.25. The number of hydrogen-bond donors (Lipinski definition) is 1. The molecule has 0 spiro atoms. The highest BCUT2D eigenvalue weighted by molar-refractivity contribution is 7.09. The highest BCUT2D eigenvalue weighted by Crippen LogP contribution is 2.29. The van der Waals surface area contributed by atoms with Gasteiger partial charge in [0.05, 0.1) is 31.2 Å². The van der Waals surface area contributed by atoms with Gasteiger partial charge in [-0.25, -0.2) is 4.98 Å². The molecule has 2 heterocycles. The molecule has 0 aliphatic carbocycles. The van der Waals surface area contributed by atoms with Crippen molar-refractivity contribution < 1.29 is 23.7 Å². The summed E-state index contributed by atoms with van der Waals surface area (Å²) in [6.07, 6.45) is 0.754. The fraction of sp³-hybridized carbons (Fsp3) is 0.310. The summed E-state index contributed by atoms with van der Waals surface area (Å²) in [5.74, 6) is 2.22. The summed E-state index contributed by atoms with van der Waals surface area (Å²) in [5.41, 5.74) is 4.29. The second-order valence-corrected chi connectivity index (χ2v) is 9.60. The monoisotopic (exact) mass is 535 g/mol. The zero-order valence-corrected chi connectivity index (χ0v) is 23.0. The Kier molecular flexibility index (Phi) is 9.40. The number of benzene rings is 2. The lowest BCUT2D eigenvalue weighted by molar-refractivity contribution is 0.0948. The molecule has 8 nitrogen and oxygen atoms in total. The molecule has 4 rings (SSSR count). The maximum absolute atomic E-state index is 13.0. The number of nitrogens with zero attached hydrogens (tertiary/aromatic N) is 2. The van der Waals surface area contributed by atoms with E-state index in [9.17, 15) is 4.79 Å². The van der Waals surface area contributed by atoms with Crippen LogP contribution in [0.3, 0.4) is 0 Å². The highest BCUT2D eigenvalue weighted by atomic mass is 32.1. The molecular weight excluding hydrogens is 502 g/mol. The van der Waals surface area contributed by atoms with Crippen LogP contribution < -0.4 is 19.5 Å². The summed E-state index contributed by atoms with van der Waals surface area (Å²) in [4.78, 5) is 17.9. The van der Waals surface area contributed by atoms with Crippen LogP contribution >= 0.6 is 11.3 Å². The minimum absolute atomic E-state index is 0.105. The molecule has 1 N–H and O–H groups in total. The fourth-order valence-corrected chi connectivity index (χ4v) is 4.73. The van der Waals surface area contributed by atoms with E-state index in [1.54, 1.807) is 21.3 Å². The van der Waals surface area contributed by atoms with Crippen LogP contribution in [-0.2, 0) is 17.9 Å². The normalized spacial score (nSPS) is 10.8. The van der Waals surface area contributed by atoms with E-state index < -0.39 is 0 Å². The quantitative estimate of drug-likeness (QED) is 0.233. The van der Waals surface area contributed by atoms with Crippen LogP contribution in [0.15, 0.2) is 60.0 Å². The van der Waals surface area contributed by atoms with Gasteiger partial charge in [-0.05, 0) is 61.4 Å². The van der Waals surface area contributed by atoms with E-state index in [1.807, 2.05) is 66.9 Å². The Labute approximate surface area is 227 Å². The van der Waals surface area contributed by atoms with E-state index in [2.05, 4.69) is 9.88 Å². The Hall–Kier alpha value is -3.82. The predicted octanol–water partition coefficient (Wildman–Crippen LogP) is 5.33. The molecule has 0 aliphatic heterocycles. The van der Waals surface area contributed by atoms with Gasteiger partial charge in [0.25, 0.3) is 5.91 Å². The number of carbonyl (C=O) groups is 1. The van der Waals surface area contributed by atoms with Crippen molar-refractivity contribution in [3.63, 3.8) is 0 Å². The SMILES string of the molecule is COCCCNC(=O)c1cc(-c2csc(COc3ccc(OC)cc3)n2)n(Cc2ccc(OC)cc2)c1C. The minimum atomic E-state index is -0.105. The van der Waals surface area contributed by atoms with Crippen LogP contribution in [0.2, 0.25) is 0 Å². The van der Waals surface area contributed by atoms with E-state index in [4.69, 9.17) is 23.9 Å². The summed E-state index contributed by atoms with van der Waals surface area (Å²) in [6.45, 7) is 4.06. The first-order valence-electron chi connectivity index (χ1n) is 12.3. The molecule has 38 heavy (non-hydrogen) atoms. The van der Waals surface area contributed by atoms with Gasteiger partial charge in [0.2, 0.25) is 0 Å². The second-order valence-electron chi connectivity index (χ2n) is 8.66. The molecule has 0 bridgehead atoms. The third-order valence-electron chi connectivity index (χ3n) is 6.16. The molecule has 4 aromatic rings. The lowest BCUT2D eigenvalue weighted by Gasteiger charge is -2.12. The molecule has 0 aliphatic rings. The zero-order valence-electron chi connectivity index (χ0n) is 22.2. The van der Waals surface area contributed by atoms with Crippen molar-refractivity contribution in [3.8, 4) is 28.6 Å².